The third-order valence-electron chi connectivity index (χ3n) is 5.10. The summed E-state index contributed by atoms with van der Waals surface area (Å²) in [6.45, 7) is 5.20. The van der Waals surface area contributed by atoms with Gasteiger partial charge in [-0.3, -0.25) is 0 Å². The second kappa shape index (κ2) is 7.69. The molecule has 2 aliphatic rings. The standard InChI is InChI=1S/C19H27N5/c1-14-11-18(21-2)19(13-22-14)23-24-9-7-17(8-10-24)16-5-3-15(12-20)4-6-16/h3-6,14,17,21-23H,7-11,13H2,1-2H3. The Kier molecular flexibility index (Phi) is 5.39. The van der Waals surface area contributed by atoms with Crippen molar-refractivity contribution in [3.8, 4) is 6.07 Å². The van der Waals surface area contributed by atoms with Crippen LogP contribution >= 0.6 is 0 Å². The van der Waals surface area contributed by atoms with Crippen molar-refractivity contribution in [1.29, 1.82) is 5.26 Å². The van der Waals surface area contributed by atoms with Crippen LogP contribution in [0, 0.1) is 11.3 Å². The van der Waals surface area contributed by atoms with E-state index in [2.05, 4.69) is 46.2 Å². The summed E-state index contributed by atoms with van der Waals surface area (Å²) >= 11 is 0. The van der Waals surface area contributed by atoms with E-state index in [1.807, 2.05) is 19.2 Å². The van der Waals surface area contributed by atoms with Crippen molar-refractivity contribution >= 4 is 0 Å². The first-order valence-corrected chi connectivity index (χ1v) is 8.84. The molecule has 0 aliphatic carbocycles. The predicted octanol–water partition coefficient (Wildman–Crippen LogP) is 2.06. The highest BCUT2D eigenvalue weighted by molar-refractivity contribution is 5.33. The second-order valence-electron chi connectivity index (χ2n) is 6.80. The van der Waals surface area contributed by atoms with Gasteiger partial charge in [-0.25, -0.2) is 5.01 Å². The van der Waals surface area contributed by atoms with Gasteiger partial charge in [0.2, 0.25) is 0 Å². The molecule has 0 saturated carbocycles. The van der Waals surface area contributed by atoms with Crippen LogP contribution in [0.15, 0.2) is 35.7 Å². The van der Waals surface area contributed by atoms with Gasteiger partial charge in [0.05, 0.1) is 17.3 Å². The summed E-state index contributed by atoms with van der Waals surface area (Å²) in [7, 11) is 2.01. The van der Waals surface area contributed by atoms with E-state index in [0.717, 1.165) is 44.5 Å². The topological polar surface area (TPSA) is 63.1 Å². The summed E-state index contributed by atoms with van der Waals surface area (Å²) in [5.74, 6) is 0.595. The lowest BCUT2D eigenvalue weighted by molar-refractivity contribution is 0.157. The molecule has 1 saturated heterocycles. The smallest absolute Gasteiger partial charge is 0.0991 e. The minimum Gasteiger partial charge on any atom is -0.390 e. The van der Waals surface area contributed by atoms with Crippen molar-refractivity contribution in [1.82, 2.24) is 21.1 Å². The molecule has 0 amide bonds. The summed E-state index contributed by atoms with van der Waals surface area (Å²) < 4.78 is 0. The number of benzene rings is 1. The summed E-state index contributed by atoms with van der Waals surface area (Å²) in [4.78, 5) is 0. The lowest BCUT2D eigenvalue weighted by Gasteiger charge is -2.36. The Balaban J connectivity index is 1.56. The third kappa shape index (κ3) is 3.89. The maximum absolute atomic E-state index is 8.91. The lowest BCUT2D eigenvalue weighted by Crippen LogP contribution is -2.48. The molecule has 1 atom stereocenters. The minimum absolute atomic E-state index is 0.528. The van der Waals surface area contributed by atoms with Gasteiger partial charge >= 0.3 is 0 Å². The molecule has 5 heteroatoms. The number of rotatable bonds is 4. The number of hydrogen-bond donors (Lipinski definition) is 3. The molecule has 0 aromatic heterocycles. The zero-order valence-corrected chi connectivity index (χ0v) is 14.6. The normalized spacial score (nSPS) is 23.0. The van der Waals surface area contributed by atoms with E-state index in [9.17, 15) is 0 Å². The molecule has 3 rings (SSSR count). The van der Waals surface area contributed by atoms with Gasteiger partial charge in [-0.05, 0) is 43.4 Å². The van der Waals surface area contributed by atoms with E-state index in [1.165, 1.54) is 17.0 Å². The van der Waals surface area contributed by atoms with Crippen molar-refractivity contribution in [2.75, 3.05) is 26.7 Å². The molecular formula is C19H27N5. The van der Waals surface area contributed by atoms with Crippen LogP contribution in [0.5, 0.6) is 0 Å². The Morgan fingerprint density at radius 2 is 1.88 bits per heavy atom. The summed E-state index contributed by atoms with van der Waals surface area (Å²) in [5.41, 5.74) is 8.30. The maximum Gasteiger partial charge on any atom is 0.0991 e. The molecule has 2 heterocycles. The van der Waals surface area contributed by atoms with Gasteiger partial charge in [0.15, 0.2) is 0 Å². The molecule has 1 unspecified atom stereocenters. The highest BCUT2D eigenvalue weighted by atomic mass is 15.5. The van der Waals surface area contributed by atoms with Crippen LogP contribution in [0.1, 0.15) is 43.2 Å². The molecule has 128 valence electrons. The largest absolute Gasteiger partial charge is 0.390 e. The molecule has 1 aromatic rings. The molecule has 1 fully saturated rings. The first-order chi connectivity index (χ1) is 11.7. The molecule has 24 heavy (non-hydrogen) atoms. The lowest BCUT2D eigenvalue weighted by atomic mass is 9.89. The van der Waals surface area contributed by atoms with Crippen molar-refractivity contribution < 1.29 is 0 Å². The maximum atomic E-state index is 8.91. The number of piperidine rings is 1. The van der Waals surface area contributed by atoms with Crippen molar-refractivity contribution in [3.63, 3.8) is 0 Å². The van der Waals surface area contributed by atoms with Crippen molar-refractivity contribution in [2.24, 2.45) is 0 Å². The minimum atomic E-state index is 0.528. The van der Waals surface area contributed by atoms with Crippen LogP contribution in [-0.2, 0) is 0 Å². The van der Waals surface area contributed by atoms with Gasteiger partial charge in [0, 0.05) is 44.8 Å². The highest BCUT2D eigenvalue weighted by Gasteiger charge is 2.23. The van der Waals surface area contributed by atoms with Crippen LogP contribution in [-0.4, -0.2) is 37.7 Å². The monoisotopic (exact) mass is 325 g/mol. The average molecular weight is 325 g/mol. The summed E-state index contributed by atoms with van der Waals surface area (Å²) in [5, 5.41) is 18.1. The fourth-order valence-corrected chi connectivity index (χ4v) is 3.59. The van der Waals surface area contributed by atoms with Crippen LogP contribution in [0.25, 0.3) is 0 Å². The van der Waals surface area contributed by atoms with E-state index in [-0.39, 0.29) is 0 Å². The number of nitrogens with one attached hydrogen (secondary N) is 3. The Hall–Kier alpha value is -2.03. The zero-order chi connectivity index (χ0) is 16.9. The third-order valence-corrected chi connectivity index (χ3v) is 5.10. The van der Waals surface area contributed by atoms with Gasteiger partial charge in [-0.15, -0.1) is 0 Å². The van der Waals surface area contributed by atoms with Crippen LogP contribution in [0.2, 0.25) is 0 Å². The second-order valence-corrected chi connectivity index (χ2v) is 6.80. The van der Waals surface area contributed by atoms with Gasteiger partial charge in [0.25, 0.3) is 0 Å². The van der Waals surface area contributed by atoms with E-state index < -0.39 is 0 Å². The summed E-state index contributed by atoms with van der Waals surface area (Å²) in [6, 6.07) is 10.8. The Morgan fingerprint density at radius 1 is 1.17 bits per heavy atom. The van der Waals surface area contributed by atoms with Crippen molar-refractivity contribution in [3.05, 3.63) is 46.8 Å². The van der Waals surface area contributed by atoms with Crippen LogP contribution in [0.4, 0.5) is 0 Å². The van der Waals surface area contributed by atoms with Gasteiger partial charge < -0.3 is 16.1 Å². The fraction of sp³-hybridized carbons (Fsp3) is 0.526. The summed E-state index contributed by atoms with van der Waals surface area (Å²) in [6.07, 6.45) is 3.33. The Morgan fingerprint density at radius 3 is 2.50 bits per heavy atom. The first-order valence-electron chi connectivity index (χ1n) is 8.84. The molecule has 0 spiro atoms. The number of nitrogens with zero attached hydrogens (tertiary/aromatic N) is 2. The molecule has 2 aliphatic heterocycles. The van der Waals surface area contributed by atoms with Crippen LogP contribution in [0.3, 0.4) is 0 Å². The SMILES string of the molecule is CNC1=C(NN2CCC(c3ccc(C#N)cc3)CC2)CNC(C)C1. The Bertz CT molecular complexity index is 620. The predicted molar refractivity (Wildman–Crippen MR) is 96.0 cm³/mol. The average Bonchev–Trinajstić information content (AvgIpc) is 2.64. The van der Waals surface area contributed by atoms with Crippen LogP contribution < -0.4 is 16.1 Å². The highest BCUT2D eigenvalue weighted by Crippen LogP contribution is 2.28. The fourth-order valence-electron chi connectivity index (χ4n) is 3.59. The van der Waals surface area contributed by atoms with E-state index in [0.29, 0.717) is 12.0 Å². The van der Waals surface area contributed by atoms with E-state index in [1.54, 1.807) is 0 Å². The molecular weight excluding hydrogens is 298 g/mol. The first kappa shape index (κ1) is 16.8. The number of hydrazine groups is 1. The molecule has 0 radical (unpaired) electrons. The Labute approximate surface area is 144 Å². The molecule has 5 nitrogen and oxygen atoms in total. The van der Waals surface area contributed by atoms with Gasteiger partial charge in [-0.1, -0.05) is 12.1 Å². The number of hydrogen-bond acceptors (Lipinski definition) is 5. The van der Waals surface area contributed by atoms with E-state index in [4.69, 9.17) is 5.26 Å². The quantitative estimate of drug-likeness (QED) is 0.791. The molecule has 3 N–H and O–H groups in total. The van der Waals surface area contributed by atoms with E-state index >= 15 is 0 Å². The zero-order valence-electron chi connectivity index (χ0n) is 14.6. The molecule has 1 aromatic carbocycles. The molecule has 0 bridgehead atoms. The number of nitriles is 1. The van der Waals surface area contributed by atoms with Gasteiger partial charge in [0.1, 0.15) is 0 Å². The van der Waals surface area contributed by atoms with Gasteiger partial charge in [-0.2, -0.15) is 5.26 Å². The van der Waals surface area contributed by atoms with Crippen molar-refractivity contribution in [2.45, 2.75) is 38.1 Å².